The van der Waals surface area contributed by atoms with Gasteiger partial charge in [-0.1, -0.05) is 218 Å². The summed E-state index contributed by atoms with van der Waals surface area (Å²) in [4.78, 5) is 21.2. The first-order chi connectivity index (χ1) is 32.2. The van der Waals surface area contributed by atoms with Crippen LogP contribution in [0.4, 0.5) is 0 Å². The molecule has 9 aromatic carbocycles. The van der Waals surface area contributed by atoms with Crippen molar-refractivity contribution in [2.45, 2.75) is 5.41 Å². The van der Waals surface area contributed by atoms with Gasteiger partial charge in [0.25, 0.3) is 0 Å². The maximum absolute atomic E-state index is 5.69. The Bertz CT molecular complexity index is 3510. The van der Waals surface area contributed by atoms with Crippen LogP contribution in [0.15, 0.2) is 231 Å². The minimum atomic E-state index is -0.483. The maximum Gasteiger partial charge on any atom is 0.164 e. The van der Waals surface area contributed by atoms with Gasteiger partial charge in [-0.15, -0.1) is 0 Å². The summed E-state index contributed by atoms with van der Waals surface area (Å²) in [6.07, 6.45) is 0. The van der Waals surface area contributed by atoms with Crippen molar-refractivity contribution in [3.8, 4) is 90.1 Å². The Labute approximate surface area is 377 Å². The molecule has 302 valence electrons. The van der Waals surface area contributed by atoms with Gasteiger partial charge in [-0.25, -0.2) is 19.9 Å². The lowest BCUT2D eigenvalue weighted by molar-refractivity contribution is 0.799. The summed E-state index contributed by atoms with van der Waals surface area (Å²) in [6, 6.07) is 81.9. The molecule has 0 aliphatic heterocycles. The highest BCUT2D eigenvalue weighted by Crippen LogP contribution is 2.64. The standard InChI is InChI=1S/C61H38N4/c1-3-17-39(18-4-1)43-21-15-23-45(37-43)59-63-58(64-60(65-59)46-24-16-22-44(38-46)40-19-5-2-6-20-40)42-35-33-41(34-36-42)56-50-28-8-7-27-49(50)55-57(62-56)51-29-11-14-32-54(51)61(55)52-30-12-9-25-47(52)48-26-10-13-31-53(48)61/h1-38H. The number of hydrogen-bond acceptors (Lipinski definition) is 4. The van der Waals surface area contributed by atoms with Crippen LogP contribution < -0.4 is 0 Å². The van der Waals surface area contributed by atoms with Gasteiger partial charge in [-0.2, -0.15) is 0 Å². The molecule has 0 N–H and O–H groups in total. The summed E-state index contributed by atoms with van der Waals surface area (Å²) in [5.74, 6) is 1.84. The molecule has 13 rings (SSSR count). The molecule has 2 aliphatic carbocycles. The van der Waals surface area contributed by atoms with E-state index >= 15 is 0 Å². The lowest BCUT2D eigenvalue weighted by Gasteiger charge is -2.31. The molecule has 0 unspecified atom stereocenters. The van der Waals surface area contributed by atoms with Gasteiger partial charge in [-0.05, 0) is 67.6 Å². The van der Waals surface area contributed by atoms with E-state index in [2.05, 4.69) is 218 Å². The van der Waals surface area contributed by atoms with E-state index in [9.17, 15) is 0 Å². The highest BCUT2D eigenvalue weighted by atomic mass is 15.0. The largest absolute Gasteiger partial charge is 0.247 e. The predicted molar refractivity (Wildman–Crippen MR) is 264 cm³/mol. The lowest BCUT2D eigenvalue weighted by atomic mass is 9.69. The van der Waals surface area contributed by atoms with E-state index in [-0.39, 0.29) is 0 Å². The summed E-state index contributed by atoms with van der Waals surface area (Å²) in [6.45, 7) is 0. The van der Waals surface area contributed by atoms with Crippen molar-refractivity contribution < 1.29 is 0 Å². The fourth-order valence-electron chi connectivity index (χ4n) is 10.5. The number of pyridine rings is 1. The Balaban J connectivity index is 0.964. The molecule has 0 saturated heterocycles. The molecule has 0 bridgehead atoms. The average Bonchev–Trinajstić information content (AvgIpc) is 3.86. The van der Waals surface area contributed by atoms with Crippen molar-refractivity contribution in [3.63, 3.8) is 0 Å². The second-order valence-electron chi connectivity index (χ2n) is 16.9. The first-order valence-electron chi connectivity index (χ1n) is 22.1. The molecule has 1 spiro atoms. The smallest absolute Gasteiger partial charge is 0.164 e. The maximum atomic E-state index is 5.69. The van der Waals surface area contributed by atoms with Gasteiger partial charge in [0.1, 0.15) is 0 Å². The number of nitrogens with zero attached hydrogens (tertiary/aromatic N) is 4. The minimum absolute atomic E-state index is 0.483. The van der Waals surface area contributed by atoms with Gasteiger partial charge in [0.05, 0.1) is 16.8 Å². The highest BCUT2D eigenvalue weighted by molar-refractivity contribution is 6.06. The molecule has 2 aromatic heterocycles. The molecule has 0 radical (unpaired) electrons. The number of benzene rings is 9. The first kappa shape index (κ1) is 37.0. The van der Waals surface area contributed by atoms with Gasteiger partial charge in [0.2, 0.25) is 0 Å². The van der Waals surface area contributed by atoms with Gasteiger partial charge in [0, 0.05) is 38.8 Å². The summed E-state index contributed by atoms with van der Waals surface area (Å²) in [5, 5.41) is 2.33. The van der Waals surface area contributed by atoms with E-state index in [0.29, 0.717) is 17.5 Å². The van der Waals surface area contributed by atoms with Crippen LogP contribution in [-0.4, -0.2) is 19.9 Å². The summed E-state index contributed by atoms with van der Waals surface area (Å²) < 4.78 is 0. The van der Waals surface area contributed by atoms with Crippen LogP contribution in [0.1, 0.15) is 22.3 Å². The molecule has 2 heterocycles. The van der Waals surface area contributed by atoms with E-state index < -0.39 is 5.41 Å². The molecule has 4 nitrogen and oxygen atoms in total. The van der Waals surface area contributed by atoms with E-state index in [0.717, 1.165) is 61.3 Å². The zero-order valence-electron chi connectivity index (χ0n) is 35.2. The van der Waals surface area contributed by atoms with Crippen molar-refractivity contribution in [3.05, 3.63) is 253 Å². The third kappa shape index (κ3) is 5.77. The van der Waals surface area contributed by atoms with E-state index in [4.69, 9.17) is 19.9 Å². The van der Waals surface area contributed by atoms with Crippen LogP contribution in [-0.2, 0) is 5.41 Å². The molecule has 11 aromatic rings. The van der Waals surface area contributed by atoms with Crippen molar-refractivity contribution in [2.75, 3.05) is 0 Å². The average molecular weight is 827 g/mol. The Kier molecular flexibility index (Phi) is 8.40. The van der Waals surface area contributed by atoms with Crippen molar-refractivity contribution in [1.82, 2.24) is 19.9 Å². The lowest BCUT2D eigenvalue weighted by Crippen LogP contribution is -2.26. The van der Waals surface area contributed by atoms with E-state index in [1.165, 1.54) is 44.3 Å². The predicted octanol–water partition coefficient (Wildman–Crippen LogP) is 14.8. The van der Waals surface area contributed by atoms with Gasteiger partial charge < -0.3 is 0 Å². The third-order valence-electron chi connectivity index (χ3n) is 13.3. The van der Waals surface area contributed by atoms with Crippen molar-refractivity contribution >= 4 is 10.8 Å². The van der Waals surface area contributed by atoms with E-state index in [1.807, 2.05) is 12.1 Å². The molecule has 4 heteroatoms. The molecule has 2 aliphatic rings. The van der Waals surface area contributed by atoms with Crippen LogP contribution >= 0.6 is 0 Å². The van der Waals surface area contributed by atoms with Crippen LogP contribution in [0.3, 0.4) is 0 Å². The minimum Gasteiger partial charge on any atom is -0.247 e. The van der Waals surface area contributed by atoms with Crippen LogP contribution in [0.2, 0.25) is 0 Å². The Hall–Kier alpha value is -8.60. The monoisotopic (exact) mass is 826 g/mol. The van der Waals surface area contributed by atoms with Gasteiger partial charge in [0.15, 0.2) is 17.5 Å². The van der Waals surface area contributed by atoms with Crippen LogP contribution in [0.25, 0.3) is 101 Å². The quantitative estimate of drug-likeness (QED) is 0.168. The fraction of sp³-hybridized carbons (Fsp3) is 0.0164. The van der Waals surface area contributed by atoms with E-state index in [1.54, 1.807) is 0 Å². The second kappa shape index (κ2) is 14.8. The molecular weight excluding hydrogens is 789 g/mol. The summed E-state index contributed by atoms with van der Waals surface area (Å²) in [7, 11) is 0. The molecule has 0 saturated carbocycles. The van der Waals surface area contributed by atoms with Crippen LogP contribution in [0.5, 0.6) is 0 Å². The molecule has 0 fully saturated rings. The second-order valence-corrected chi connectivity index (χ2v) is 16.9. The molecule has 0 amide bonds. The molecule has 0 atom stereocenters. The topological polar surface area (TPSA) is 51.6 Å². The Morgan fingerprint density at radius 1 is 0.246 bits per heavy atom. The van der Waals surface area contributed by atoms with Gasteiger partial charge in [-0.3, -0.25) is 0 Å². The third-order valence-corrected chi connectivity index (χ3v) is 13.3. The zero-order chi connectivity index (χ0) is 42.9. The van der Waals surface area contributed by atoms with Crippen LogP contribution in [0, 0.1) is 0 Å². The highest BCUT2D eigenvalue weighted by Gasteiger charge is 2.53. The summed E-state index contributed by atoms with van der Waals surface area (Å²) >= 11 is 0. The molecular formula is C61H38N4. The Morgan fingerprint density at radius 3 is 1.20 bits per heavy atom. The first-order valence-corrected chi connectivity index (χ1v) is 22.1. The van der Waals surface area contributed by atoms with Gasteiger partial charge >= 0.3 is 0 Å². The van der Waals surface area contributed by atoms with Crippen molar-refractivity contribution in [1.29, 1.82) is 0 Å². The number of aromatic nitrogens is 4. The number of hydrogen-bond donors (Lipinski definition) is 0. The number of rotatable bonds is 6. The van der Waals surface area contributed by atoms with Crippen molar-refractivity contribution in [2.24, 2.45) is 0 Å². The normalized spacial score (nSPS) is 12.7. The zero-order valence-corrected chi connectivity index (χ0v) is 35.2. The fourth-order valence-corrected chi connectivity index (χ4v) is 10.5. The number of fused-ring (bicyclic) bond motifs is 12. The Morgan fingerprint density at radius 2 is 0.646 bits per heavy atom. The summed E-state index contributed by atoms with van der Waals surface area (Å²) in [5.41, 5.74) is 18.7. The SMILES string of the molecule is c1ccc(-c2cccc(-c3nc(-c4ccc(-c5nc6c(c7ccccc57)C5(c7ccccc7-c7ccccc75)c5ccccc5-6)cc4)nc(-c4cccc(-c5ccccc5)c4)n3)c2)cc1. The molecule has 65 heavy (non-hydrogen) atoms.